The molecule has 2 aliphatic rings. The Labute approximate surface area is 95.8 Å². The molecule has 5 atom stereocenters. The highest BCUT2D eigenvalue weighted by Crippen LogP contribution is 2.48. The molecule has 0 spiro atoms. The molecule has 5 unspecified atom stereocenters. The molecule has 0 amide bonds. The first-order chi connectivity index (χ1) is 7.26. The molecule has 2 rings (SSSR count). The van der Waals surface area contributed by atoms with Crippen molar-refractivity contribution in [1.29, 1.82) is 0 Å². The van der Waals surface area contributed by atoms with Crippen LogP contribution in [0.5, 0.6) is 0 Å². The summed E-state index contributed by atoms with van der Waals surface area (Å²) in [5, 5.41) is 0. The first kappa shape index (κ1) is 11.5. The average Bonchev–Trinajstić information content (AvgIpc) is 2.95. The molecule has 88 valence electrons. The minimum absolute atomic E-state index is 1.03. The molecule has 2 aliphatic carbocycles. The van der Waals surface area contributed by atoms with Crippen LogP contribution in [-0.4, -0.2) is 0 Å². The first-order valence-electron chi connectivity index (χ1n) is 7.26. The standard InChI is InChI=1S/C15H28/c1-4-12-10-13(12)7-6-8-14-9-11(3)15(14)5-2/h11-15H,4-10H2,1-3H3. The lowest BCUT2D eigenvalue weighted by Crippen LogP contribution is -2.34. The normalized spacial score (nSPS) is 43.8. The van der Waals surface area contributed by atoms with Crippen LogP contribution in [0.3, 0.4) is 0 Å². The Hall–Kier alpha value is 0. The van der Waals surface area contributed by atoms with E-state index < -0.39 is 0 Å². The van der Waals surface area contributed by atoms with E-state index in [1.165, 1.54) is 32.1 Å². The fourth-order valence-corrected chi connectivity index (χ4v) is 3.97. The van der Waals surface area contributed by atoms with E-state index in [-0.39, 0.29) is 0 Å². The summed E-state index contributed by atoms with van der Waals surface area (Å²) >= 11 is 0. The third kappa shape index (κ3) is 2.57. The highest BCUT2D eigenvalue weighted by Gasteiger charge is 2.37. The predicted molar refractivity (Wildman–Crippen MR) is 66.8 cm³/mol. The van der Waals surface area contributed by atoms with Crippen molar-refractivity contribution >= 4 is 0 Å². The topological polar surface area (TPSA) is 0 Å². The Morgan fingerprint density at radius 2 is 1.60 bits per heavy atom. The van der Waals surface area contributed by atoms with Crippen LogP contribution in [0.1, 0.15) is 65.7 Å². The van der Waals surface area contributed by atoms with Gasteiger partial charge in [0.15, 0.2) is 0 Å². The molecule has 0 saturated heterocycles. The maximum absolute atomic E-state index is 2.44. The monoisotopic (exact) mass is 208 g/mol. The Kier molecular flexibility index (Phi) is 3.74. The van der Waals surface area contributed by atoms with Gasteiger partial charge in [-0.05, 0) is 42.4 Å². The van der Waals surface area contributed by atoms with Gasteiger partial charge in [-0.2, -0.15) is 0 Å². The second kappa shape index (κ2) is 4.89. The average molecular weight is 208 g/mol. The third-order valence-corrected chi connectivity index (χ3v) is 5.23. The minimum atomic E-state index is 1.03. The van der Waals surface area contributed by atoms with Gasteiger partial charge in [-0.25, -0.2) is 0 Å². The molecule has 15 heavy (non-hydrogen) atoms. The zero-order valence-corrected chi connectivity index (χ0v) is 10.8. The molecule has 0 N–H and O–H groups in total. The van der Waals surface area contributed by atoms with Crippen molar-refractivity contribution in [3.05, 3.63) is 0 Å². The van der Waals surface area contributed by atoms with Gasteiger partial charge in [-0.3, -0.25) is 0 Å². The molecule has 0 heterocycles. The van der Waals surface area contributed by atoms with Gasteiger partial charge < -0.3 is 0 Å². The van der Waals surface area contributed by atoms with Crippen molar-refractivity contribution in [3.63, 3.8) is 0 Å². The summed E-state index contributed by atoms with van der Waals surface area (Å²) in [5.74, 6) is 5.46. The van der Waals surface area contributed by atoms with E-state index in [4.69, 9.17) is 0 Å². The minimum Gasteiger partial charge on any atom is -0.0651 e. The van der Waals surface area contributed by atoms with Crippen LogP contribution >= 0.6 is 0 Å². The molecule has 0 heteroatoms. The Balaban J connectivity index is 1.55. The largest absolute Gasteiger partial charge is 0.0651 e. The second-order valence-corrected chi connectivity index (χ2v) is 6.14. The predicted octanol–water partition coefficient (Wildman–Crippen LogP) is 4.89. The number of rotatable bonds is 6. The molecular weight excluding hydrogens is 180 g/mol. The molecule has 0 radical (unpaired) electrons. The van der Waals surface area contributed by atoms with Gasteiger partial charge in [0.05, 0.1) is 0 Å². The van der Waals surface area contributed by atoms with Gasteiger partial charge in [0, 0.05) is 0 Å². The van der Waals surface area contributed by atoms with E-state index in [1.807, 2.05) is 0 Å². The van der Waals surface area contributed by atoms with Crippen molar-refractivity contribution in [2.75, 3.05) is 0 Å². The van der Waals surface area contributed by atoms with Crippen LogP contribution in [-0.2, 0) is 0 Å². The highest BCUT2D eigenvalue weighted by atomic mass is 14.4. The second-order valence-electron chi connectivity index (χ2n) is 6.14. The van der Waals surface area contributed by atoms with Crippen molar-refractivity contribution in [3.8, 4) is 0 Å². The molecule has 2 saturated carbocycles. The van der Waals surface area contributed by atoms with Gasteiger partial charge in [-0.15, -0.1) is 0 Å². The lowest BCUT2D eigenvalue weighted by molar-refractivity contribution is 0.0718. The van der Waals surface area contributed by atoms with Crippen molar-refractivity contribution in [2.45, 2.75) is 65.7 Å². The zero-order valence-electron chi connectivity index (χ0n) is 10.8. The van der Waals surface area contributed by atoms with Crippen molar-refractivity contribution in [2.24, 2.45) is 29.6 Å². The summed E-state index contributed by atoms with van der Waals surface area (Å²) in [7, 11) is 0. The van der Waals surface area contributed by atoms with Gasteiger partial charge in [0.25, 0.3) is 0 Å². The Morgan fingerprint density at radius 1 is 0.867 bits per heavy atom. The van der Waals surface area contributed by atoms with Gasteiger partial charge in [-0.1, -0.05) is 52.9 Å². The lowest BCUT2D eigenvalue weighted by atomic mass is 9.63. The highest BCUT2D eigenvalue weighted by molar-refractivity contribution is 4.88. The molecule has 0 aromatic carbocycles. The smallest absolute Gasteiger partial charge is 0.0362 e. The summed E-state index contributed by atoms with van der Waals surface area (Å²) in [6, 6.07) is 0. The fraction of sp³-hybridized carbons (Fsp3) is 1.00. The number of hydrogen-bond acceptors (Lipinski definition) is 0. The molecule has 0 aromatic heterocycles. The van der Waals surface area contributed by atoms with Crippen LogP contribution in [0.2, 0.25) is 0 Å². The van der Waals surface area contributed by atoms with Crippen molar-refractivity contribution < 1.29 is 0 Å². The summed E-state index contributed by atoms with van der Waals surface area (Å²) in [6.45, 7) is 7.17. The SMILES string of the molecule is CCC1CC1CCCC1CC(C)C1CC. The molecule has 0 nitrogen and oxygen atoms in total. The van der Waals surface area contributed by atoms with E-state index >= 15 is 0 Å². The summed E-state index contributed by atoms with van der Waals surface area (Å²) in [6.07, 6.45) is 10.5. The van der Waals surface area contributed by atoms with Crippen LogP contribution in [0.4, 0.5) is 0 Å². The van der Waals surface area contributed by atoms with E-state index in [2.05, 4.69) is 20.8 Å². The molecule has 2 fully saturated rings. The molecule has 0 aliphatic heterocycles. The van der Waals surface area contributed by atoms with Crippen LogP contribution in [0, 0.1) is 29.6 Å². The molecule has 0 bridgehead atoms. The van der Waals surface area contributed by atoms with Crippen LogP contribution in [0.25, 0.3) is 0 Å². The summed E-state index contributed by atoms with van der Waals surface area (Å²) < 4.78 is 0. The Morgan fingerprint density at radius 3 is 2.13 bits per heavy atom. The summed E-state index contributed by atoms with van der Waals surface area (Å²) in [5.41, 5.74) is 0. The zero-order chi connectivity index (χ0) is 10.8. The van der Waals surface area contributed by atoms with E-state index in [1.54, 1.807) is 12.8 Å². The van der Waals surface area contributed by atoms with E-state index in [0.717, 1.165) is 29.6 Å². The maximum Gasteiger partial charge on any atom is -0.0362 e. The van der Waals surface area contributed by atoms with Gasteiger partial charge in [0.2, 0.25) is 0 Å². The summed E-state index contributed by atoms with van der Waals surface area (Å²) in [4.78, 5) is 0. The van der Waals surface area contributed by atoms with Crippen molar-refractivity contribution in [1.82, 2.24) is 0 Å². The van der Waals surface area contributed by atoms with Crippen LogP contribution < -0.4 is 0 Å². The fourth-order valence-electron chi connectivity index (χ4n) is 3.97. The van der Waals surface area contributed by atoms with Gasteiger partial charge >= 0.3 is 0 Å². The van der Waals surface area contributed by atoms with E-state index in [9.17, 15) is 0 Å². The molecule has 0 aromatic rings. The Bertz CT molecular complexity index is 196. The molecular formula is C15H28. The number of hydrogen-bond donors (Lipinski definition) is 0. The van der Waals surface area contributed by atoms with E-state index in [0.29, 0.717) is 0 Å². The lowest BCUT2D eigenvalue weighted by Gasteiger charge is -2.43. The third-order valence-electron chi connectivity index (χ3n) is 5.23. The maximum atomic E-state index is 2.44. The first-order valence-corrected chi connectivity index (χ1v) is 7.26. The quantitative estimate of drug-likeness (QED) is 0.583. The van der Waals surface area contributed by atoms with Crippen LogP contribution in [0.15, 0.2) is 0 Å². The van der Waals surface area contributed by atoms with Gasteiger partial charge in [0.1, 0.15) is 0 Å².